The summed E-state index contributed by atoms with van der Waals surface area (Å²) in [6.45, 7) is 1.45. The van der Waals surface area contributed by atoms with E-state index in [1.165, 1.54) is 25.1 Å². The summed E-state index contributed by atoms with van der Waals surface area (Å²) >= 11 is 1.34. The molecule has 7 heteroatoms. The van der Waals surface area contributed by atoms with Gasteiger partial charge in [-0.2, -0.15) is 0 Å². The van der Waals surface area contributed by atoms with E-state index in [-0.39, 0.29) is 23.6 Å². The van der Waals surface area contributed by atoms with Gasteiger partial charge in [-0.25, -0.2) is 4.79 Å². The minimum atomic E-state index is -0.409. The van der Waals surface area contributed by atoms with E-state index < -0.39 is 6.03 Å². The third-order valence-electron chi connectivity index (χ3n) is 3.74. The summed E-state index contributed by atoms with van der Waals surface area (Å²) in [7, 11) is 0. The molecule has 1 saturated carbocycles. The molecule has 0 spiro atoms. The van der Waals surface area contributed by atoms with Gasteiger partial charge in [0, 0.05) is 23.5 Å². The van der Waals surface area contributed by atoms with Gasteiger partial charge < -0.3 is 10.6 Å². The number of carbonyl (C=O) groups excluding carboxylic acids is 3. The van der Waals surface area contributed by atoms with Crippen molar-refractivity contribution in [3.63, 3.8) is 0 Å². The molecule has 0 heterocycles. The summed E-state index contributed by atoms with van der Waals surface area (Å²) in [4.78, 5) is 35.5. The Balaban J connectivity index is 1.70. The number of thioether (sulfide) groups is 1. The Bertz CT molecular complexity index is 583. The van der Waals surface area contributed by atoms with Crippen LogP contribution in [-0.4, -0.2) is 29.6 Å². The number of benzene rings is 1. The molecule has 1 fully saturated rings. The predicted molar refractivity (Wildman–Crippen MR) is 95.0 cm³/mol. The number of hydrogen-bond acceptors (Lipinski definition) is 4. The Kier molecular flexibility index (Phi) is 7.11. The number of hydrogen-bond donors (Lipinski definition) is 3. The molecule has 1 aliphatic rings. The van der Waals surface area contributed by atoms with Crippen molar-refractivity contribution in [1.82, 2.24) is 10.6 Å². The molecule has 24 heavy (non-hydrogen) atoms. The highest BCUT2D eigenvalue weighted by molar-refractivity contribution is 8.00. The number of carbonyl (C=O) groups is 3. The molecule has 0 aromatic heterocycles. The molecule has 3 N–H and O–H groups in total. The van der Waals surface area contributed by atoms with Gasteiger partial charge in [-0.3, -0.25) is 14.9 Å². The first-order chi connectivity index (χ1) is 11.5. The van der Waals surface area contributed by atoms with Crippen LogP contribution in [0.1, 0.15) is 39.0 Å². The largest absolute Gasteiger partial charge is 0.335 e. The highest BCUT2D eigenvalue weighted by Gasteiger charge is 2.16. The van der Waals surface area contributed by atoms with E-state index in [2.05, 4.69) is 16.0 Å². The molecule has 1 aliphatic carbocycles. The van der Waals surface area contributed by atoms with Crippen molar-refractivity contribution in [3.05, 3.63) is 24.3 Å². The molecule has 4 amide bonds. The van der Waals surface area contributed by atoms with E-state index in [0.29, 0.717) is 5.69 Å². The van der Waals surface area contributed by atoms with Gasteiger partial charge in [-0.15, -0.1) is 11.8 Å². The predicted octanol–water partition coefficient (Wildman–Crippen LogP) is 2.90. The Hall–Kier alpha value is -2.02. The summed E-state index contributed by atoms with van der Waals surface area (Å²) in [5.74, 6) is -0.282. The van der Waals surface area contributed by atoms with Gasteiger partial charge in [0.2, 0.25) is 11.8 Å². The van der Waals surface area contributed by atoms with Crippen molar-refractivity contribution in [3.8, 4) is 0 Å². The molecule has 2 rings (SSSR count). The van der Waals surface area contributed by atoms with E-state index in [9.17, 15) is 14.4 Å². The molecular weight excluding hydrogens is 326 g/mol. The zero-order valence-electron chi connectivity index (χ0n) is 13.8. The SMILES string of the molecule is CC(=O)Nc1ccc(SCC(=O)NC(=O)NC2CCCCC2)cc1. The Morgan fingerprint density at radius 3 is 2.38 bits per heavy atom. The van der Waals surface area contributed by atoms with Crippen LogP contribution >= 0.6 is 11.8 Å². The number of nitrogens with one attached hydrogen (secondary N) is 3. The second kappa shape index (κ2) is 9.32. The van der Waals surface area contributed by atoms with Crippen LogP contribution in [0.15, 0.2) is 29.2 Å². The number of amides is 4. The summed E-state index contributed by atoms with van der Waals surface area (Å²) < 4.78 is 0. The van der Waals surface area contributed by atoms with Crippen molar-refractivity contribution < 1.29 is 14.4 Å². The quantitative estimate of drug-likeness (QED) is 0.713. The topological polar surface area (TPSA) is 87.3 Å². The maximum Gasteiger partial charge on any atom is 0.321 e. The van der Waals surface area contributed by atoms with Gasteiger partial charge in [0.15, 0.2) is 0 Å². The Morgan fingerprint density at radius 1 is 1.08 bits per heavy atom. The van der Waals surface area contributed by atoms with Gasteiger partial charge in [0.1, 0.15) is 0 Å². The van der Waals surface area contributed by atoms with Crippen molar-refractivity contribution in [2.75, 3.05) is 11.1 Å². The fourth-order valence-corrected chi connectivity index (χ4v) is 3.32. The second-order valence-corrected chi connectivity index (χ2v) is 6.90. The van der Waals surface area contributed by atoms with E-state index in [4.69, 9.17) is 0 Å². The number of imide groups is 1. The van der Waals surface area contributed by atoms with Crippen molar-refractivity contribution in [2.24, 2.45) is 0 Å². The lowest BCUT2D eigenvalue weighted by Gasteiger charge is -2.22. The zero-order valence-corrected chi connectivity index (χ0v) is 14.6. The summed E-state index contributed by atoms with van der Waals surface area (Å²) in [6.07, 6.45) is 5.44. The third kappa shape index (κ3) is 6.62. The molecule has 0 radical (unpaired) electrons. The summed E-state index contributed by atoms with van der Waals surface area (Å²) in [5.41, 5.74) is 0.711. The number of anilines is 1. The lowest BCUT2D eigenvalue weighted by Crippen LogP contribution is -2.45. The van der Waals surface area contributed by atoms with Crippen LogP contribution in [-0.2, 0) is 9.59 Å². The first-order valence-electron chi connectivity index (χ1n) is 8.14. The van der Waals surface area contributed by atoms with Crippen LogP contribution in [0.3, 0.4) is 0 Å². The molecule has 0 atom stereocenters. The van der Waals surface area contributed by atoms with E-state index in [0.717, 1.165) is 30.6 Å². The van der Waals surface area contributed by atoms with Gasteiger partial charge in [0.05, 0.1) is 5.75 Å². The standard InChI is InChI=1S/C17H23N3O3S/c1-12(21)18-14-7-9-15(10-8-14)24-11-16(22)20-17(23)19-13-5-3-2-4-6-13/h7-10,13H,2-6,11H2,1H3,(H,18,21)(H2,19,20,22,23). The molecule has 1 aromatic carbocycles. The third-order valence-corrected chi connectivity index (χ3v) is 4.75. The minimum Gasteiger partial charge on any atom is -0.335 e. The lowest BCUT2D eigenvalue weighted by molar-refractivity contribution is -0.117. The van der Waals surface area contributed by atoms with Crippen molar-refractivity contribution in [2.45, 2.75) is 50.0 Å². The lowest BCUT2D eigenvalue weighted by atomic mass is 9.96. The molecule has 6 nitrogen and oxygen atoms in total. The first kappa shape index (κ1) is 18.3. The average Bonchev–Trinajstić information content (AvgIpc) is 2.54. The fourth-order valence-electron chi connectivity index (χ4n) is 2.62. The second-order valence-electron chi connectivity index (χ2n) is 5.85. The smallest absolute Gasteiger partial charge is 0.321 e. The van der Waals surface area contributed by atoms with Crippen LogP contribution in [0.5, 0.6) is 0 Å². The average molecular weight is 349 g/mol. The van der Waals surface area contributed by atoms with Crippen molar-refractivity contribution >= 4 is 35.3 Å². The molecule has 0 bridgehead atoms. The van der Waals surface area contributed by atoms with Crippen LogP contribution in [0.2, 0.25) is 0 Å². The highest BCUT2D eigenvalue weighted by atomic mass is 32.2. The molecule has 0 aliphatic heterocycles. The van der Waals surface area contributed by atoms with E-state index in [1.54, 1.807) is 12.1 Å². The molecule has 1 aromatic rings. The molecule has 0 saturated heterocycles. The Morgan fingerprint density at radius 2 is 1.75 bits per heavy atom. The highest BCUT2D eigenvalue weighted by Crippen LogP contribution is 2.20. The fraction of sp³-hybridized carbons (Fsp3) is 0.471. The van der Waals surface area contributed by atoms with Gasteiger partial charge in [0.25, 0.3) is 0 Å². The van der Waals surface area contributed by atoms with Crippen LogP contribution in [0.25, 0.3) is 0 Å². The summed E-state index contributed by atoms with van der Waals surface area (Å²) in [5, 5.41) is 7.90. The van der Waals surface area contributed by atoms with Crippen LogP contribution in [0, 0.1) is 0 Å². The minimum absolute atomic E-state index is 0.126. The Labute approximate surface area is 146 Å². The summed E-state index contributed by atoms with van der Waals surface area (Å²) in [6, 6.07) is 6.97. The monoisotopic (exact) mass is 349 g/mol. The molecular formula is C17H23N3O3S. The first-order valence-corrected chi connectivity index (χ1v) is 9.12. The van der Waals surface area contributed by atoms with Crippen LogP contribution < -0.4 is 16.0 Å². The van der Waals surface area contributed by atoms with Gasteiger partial charge in [-0.05, 0) is 37.1 Å². The normalized spacial score (nSPS) is 14.7. The number of rotatable bonds is 5. The molecule has 130 valence electrons. The zero-order chi connectivity index (χ0) is 17.4. The molecule has 0 unspecified atom stereocenters. The maximum atomic E-state index is 11.8. The van der Waals surface area contributed by atoms with E-state index >= 15 is 0 Å². The van der Waals surface area contributed by atoms with Gasteiger partial charge in [-0.1, -0.05) is 19.3 Å². The maximum absolute atomic E-state index is 11.8. The number of urea groups is 1. The van der Waals surface area contributed by atoms with E-state index in [1.807, 2.05) is 12.1 Å². The van der Waals surface area contributed by atoms with Gasteiger partial charge >= 0.3 is 6.03 Å². The van der Waals surface area contributed by atoms with Crippen molar-refractivity contribution in [1.29, 1.82) is 0 Å². The van der Waals surface area contributed by atoms with Crippen LogP contribution in [0.4, 0.5) is 10.5 Å².